The lowest BCUT2D eigenvalue weighted by molar-refractivity contribution is -0.114. The van der Waals surface area contributed by atoms with E-state index in [1.165, 1.54) is 35.1 Å². The van der Waals surface area contributed by atoms with Gasteiger partial charge in [-0.25, -0.2) is 4.98 Å². The lowest BCUT2D eigenvalue weighted by atomic mass is 9.90. The molecule has 1 unspecified atom stereocenters. The van der Waals surface area contributed by atoms with Crippen molar-refractivity contribution in [3.8, 4) is 11.3 Å². The van der Waals surface area contributed by atoms with Gasteiger partial charge in [-0.2, -0.15) is 0 Å². The summed E-state index contributed by atoms with van der Waals surface area (Å²) in [5, 5.41) is 8.18. The average molecular weight is 412 g/mol. The minimum Gasteiger partial charge on any atom is -0.326 e. The molecule has 5 nitrogen and oxygen atoms in total. The Hall–Kier alpha value is -2.51. The Labute approximate surface area is 171 Å². The first-order valence-electron chi connectivity index (χ1n) is 9.24. The molecule has 2 N–H and O–H groups in total. The largest absolute Gasteiger partial charge is 0.326 e. The van der Waals surface area contributed by atoms with Crippen molar-refractivity contribution in [2.75, 3.05) is 10.6 Å². The highest BCUT2D eigenvalue weighted by molar-refractivity contribution is 7.15. The standard InChI is InChI=1S/C21H21N3O2S2/c1-12-3-8-18-15(9-12)10-19(28-18)20(26)24-21-23-17(11-27-21)14-4-6-16(7-5-14)22-13(2)25/h4-7,10-12H,3,8-9H2,1-2H3,(H,22,25)(H,23,24,26). The van der Waals surface area contributed by atoms with Crippen molar-refractivity contribution >= 4 is 45.3 Å². The SMILES string of the molecule is CC(=O)Nc1ccc(-c2csc(NC(=O)c3cc4c(s3)CCC(C)C4)n2)cc1. The fourth-order valence-electron chi connectivity index (χ4n) is 3.37. The van der Waals surface area contributed by atoms with Crippen molar-refractivity contribution in [3.05, 3.63) is 51.0 Å². The molecule has 0 spiro atoms. The van der Waals surface area contributed by atoms with Crippen LogP contribution in [0.2, 0.25) is 0 Å². The molecule has 0 aliphatic heterocycles. The van der Waals surface area contributed by atoms with E-state index in [-0.39, 0.29) is 11.8 Å². The molecule has 1 aliphatic carbocycles. The van der Waals surface area contributed by atoms with Gasteiger partial charge < -0.3 is 5.32 Å². The first kappa shape index (κ1) is 18.8. The van der Waals surface area contributed by atoms with Crippen molar-refractivity contribution < 1.29 is 9.59 Å². The molecular formula is C21H21N3O2S2. The van der Waals surface area contributed by atoms with Gasteiger partial charge in [0.15, 0.2) is 5.13 Å². The van der Waals surface area contributed by atoms with Gasteiger partial charge in [-0.15, -0.1) is 22.7 Å². The van der Waals surface area contributed by atoms with Gasteiger partial charge in [0, 0.05) is 28.4 Å². The van der Waals surface area contributed by atoms with Crippen LogP contribution in [0.3, 0.4) is 0 Å². The number of thiazole rings is 1. The van der Waals surface area contributed by atoms with Gasteiger partial charge in [-0.3, -0.25) is 14.9 Å². The zero-order chi connectivity index (χ0) is 19.7. The molecule has 0 fully saturated rings. The molecule has 0 radical (unpaired) electrons. The minimum absolute atomic E-state index is 0.0889. The monoisotopic (exact) mass is 411 g/mol. The summed E-state index contributed by atoms with van der Waals surface area (Å²) < 4.78 is 0. The molecule has 0 bridgehead atoms. The Morgan fingerprint density at radius 3 is 2.71 bits per heavy atom. The number of thiophene rings is 1. The van der Waals surface area contributed by atoms with Crippen molar-refractivity contribution in [3.63, 3.8) is 0 Å². The number of aromatic nitrogens is 1. The molecule has 3 aromatic rings. The van der Waals surface area contributed by atoms with E-state index in [0.29, 0.717) is 11.0 Å². The average Bonchev–Trinajstić information content (AvgIpc) is 3.28. The number of fused-ring (bicyclic) bond motifs is 1. The van der Waals surface area contributed by atoms with Crippen LogP contribution in [0.15, 0.2) is 35.7 Å². The molecule has 1 atom stereocenters. The van der Waals surface area contributed by atoms with Crippen LogP contribution in [0, 0.1) is 5.92 Å². The number of hydrogen-bond acceptors (Lipinski definition) is 5. The first-order chi connectivity index (χ1) is 13.5. The highest BCUT2D eigenvalue weighted by atomic mass is 32.1. The third-order valence-electron chi connectivity index (χ3n) is 4.78. The van der Waals surface area contributed by atoms with Crippen molar-refractivity contribution in [1.82, 2.24) is 4.98 Å². The lowest BCUT2D eigenvalue weighted by Crippen LogP contribution is -2.10. The van der Waals surface area contributed by atoms with E-state index in [4.69, 9.17) is 0 Å². The second-order valence-corrected chi connectivity index (χ2v) is 9.15. The van der Waals surface area contributed by atoms with Crippen LogP contribution in [0.5, 0.6) is 0 Å². The second-order valence-electron chi connectivity index (χ2n) is 7.16. The molecule has 7 heteroatoms. The maximum absolute atomic E-state index is 12.6. The number of hydrogen-bond donors (Lipinski definition) is 2. The lowest BCUT2D eigenvalue weighted by Gasteiger charge is -2.16. The fraction of sp³-hybridized carbons (Fsp3) is 0.286. The third kappa shape index (κ3) is 4.15. The van der Waals surface area contributed by atoms with E-state index < -0.39 is 0 Å². The number of amides is 2. The van der Waals surface area contributed by atoms with E-state index in [2.05, 4.69) is 22.5 Å². The van der Waals surface area contributed by atoms with E-state index in [9.17, 15) is 9.59 Å². The van der Waals surface area contributed by atoms with Gasteiger partial charge >= 0.3 is 0 Å². The number of carbonyl (C=O) groups is 2. The molecule has 0 saturated carbocycles. The zero-order valence-corrected chi connectivity index (χ0v) is 17.4. The highest BCUT2D eigenvalue weighted by Crippen LogP contribution is 2.33. The summed E-state index contributed by atoms with van der Waals surface area (Å²) >= 11 is 3.01. The number of nitrogens with one attached hydrogen (secondary N) is 2. The van der Waals surface area contributed by atoms with Gasteiger partial charge in [0.25, 0.3) is 5.91 Å². The Kier molecular flexibility index (Phi) is 5.28. The summed E-state index contributed by atoms with van der Waals surface area (Å²) in [5.41, 5.74) is 3.81. The van der Waals surface area contributed by atoms with E-state index >= 15 is 0 Å². The van der Waals surface area contributed by atoms with Crippen molar-refractivity contribution in [2.45, 2.75) is 33.1 Å². The summed E-state index contributed by atoms with van der Waals surface area (Å²) in [6, 6.07) is 9.53. The Morgan fingerprint density at radius 1 is 1.18 bits per heavy atom. The maximum atomic E-state index is 12.6. The van der Waals surface area contributed by atoms with Gasteiger partial charge in [0.2, 0.25) is 5.91 Å². The molecular weight excluding hydrogens is 390 g/mol. The summed E-state index contributed by atoms with van der Waals surface area (Å²) in [6.45, 7) is 3.74. The van der Waals surface area contributed by atoms with Crippen LogP contribution < -0.4 is 10.6 Å². The predicted molar refractivity (Wildman–Crippen MR) is 115 cm³/mol. The van der Waals surface area contributed by atoms with Gasteiger partial charge in [-0.05, 0) is 48.9 Å². The first-order valence-corrected chi connectivity index (χ1v) is 10.9. The highest BCUT2D eigenvalue weighted by Gasteiger charge is 2.21. The minimum atomic E-state index is -0.101. The van der Waals surface area contributed by atoms with E-state index in [1.807, 2.05) is 35.7 Å². The molecule has 144 valence electrons. The molecule has 4 rings (SSSR count). The normalized spacial score (nSPS) is 15.7. The molecule has 2 heterocycles. The number of carbonyl (C=O) groups excluding carboxylic acids is 2. The molecule has 2 aromatic heterocycles. The van der Waals surface area contributed by atoms with Crippen LogP contribution in [0.1, 0.15) is 40.4 Å². The number of nitrogens with zero attached hydrogens (tertiary/aromatic N) is 1. The van der Waals surface area contributed by atoms with E-state index in [0.717, 1.165) is 34.7 Å². The molecule has 28 heavy (non-hydrogen) atoms. The van der Waals surface area contributed by atoms with Crippen molar-refractivity contribution in [1.29, 1.82) is 0 Å². The maximum Gasteiger partial charge on any atom is 0.267 e. The van der Waals surface area contributed by atoms with Gasteiger partial charge in [0.1, 0.15) is 0 Å². The number of aryl methyl sites for hydroxylation is 1. The van der Waals surface area contributed by atoms with Gasteiger partial charge in [-0.1, -0.05) is 19.1 Å². The van der Waals surface area contributed by atoms with Crippen LogP contribution in [0.4, 0.5) is 10.8 Å². The molecule has 1 aliphatic rings. The number of rotatable bonds is 4. The number of benzene rings is 1. The Bertz CT molecular complexity index is 1020. The van der Waals surface area contributed by atoms with E-state index in [1.54, 1.807) is 11.3 Å². The Balaban J connectivity index is 1.44. The summed E-state index contributed by atoms with van der Waals surface area (Å²) in [5.74, 6) is 0.502. The molecule has 2 amide bonds. The zero-order valence-electron chi connectivity index (χ0n) is 15.7. The van der Waals surface area contributed by atoms with Crippen LogP contribution in [-0.2, 0) is 17.6 Å². The van der Waals surface area contributed by atoms with Crippen LogP contribution in [0.25, 0.3) is 11.3 Å². The van der Waals surface area contributed by atoms with Crippen LogP contribution >= 0.6 is 22.7 Å². The summed E-state index contributed by atoms with van der Waals surface area (Å²) in [4.78, 5) is 30.4. The smallest absolute Gasteiger partial charge is 0.267 e. The number of anilines is 2. The topological polar surface area (TPSA) is 71.1 Å². The van der Waals surface area contributed by atoms with Crippen LogP contribution in [-0.4, -0.2) is 16.8 Å². The fourth-order valence-corrected chi connectivity index (χ4v) is 5.19. The second kappa shape index (κ2) is 7.85. The predicted octanol–water partition coefficient (Wildman–Crippen LogP) is 5.21. The quantitative estimate of drug-likeness (QED) is 0.619. The van der Waals surface area contributed by atoms with Crippen molar-refractivity contribution in [2.24, 2.45) is 5.92 Å². The Morgan fingerprint density at radius 2 is 1.96 bits per heavy atom. The third-order valence-corrected chi connectivity index (χ3v) is 6.77. The van der Waals surface area contributed by atoms with Gasteiger partial charge in [0.05, 0.1) is 10.6 Å². The molecule has 0 saturated heterocycles. The molecule has 1 aromatic carbocycles. The summed E-state index contributed by atoms with van der Waals surface area (Å²) in [6.07, 6.45) is 3.34. The summed E-state index contributed by atoms with van der Waals surface area (Å²) in [7, 11) is 0.